The van der Waals surface area contributed by atoms with E-state index >= 15 is 0 Å². The van der Waals surface area contributed by atoms with Crippen molar-refractivity contribution in [2.24, 2.45) is 0 Å². The molecular formula is C23H25N3OS. The van der Waals surface area contributed by atoms with Crippen molar-refractivity contribution in [3.05, 3.63) is 64.7 Å². The zero-order valence-corrected chi connectivity index (χ0v) is 17.2. The second kappa shape index (κ2) is 8.15. The van der Waals surface area contributed by atoms with Crippen LogP contribution in [0.25, 0.3) is 10.6 Å². The summed E-state index contributed by atoms with van der Waals surface area (Å²) in [5.41, 5.74) is 6.34. The first-order valence-corrected chi connectivity index (χ1v) is 10.6. The average molecular weight is 392 g/mol. The van der Waals surface area contributed by atoms with Crippen LogP contribution in [0, 0.1) is 13.8 Å². The number of carbonyl (C=O) groups is 1. The summed E-state index contributed by atoms with van der Waals surface area (Å²) in [6.07, 6.45) is 2.81. The van der Waals surface area contributed by atoms with Gasteiger partial charge in [0.2, 0.25) is 5.91 Å². The summed E-state index contributed by atoms with van der Waals surface area (Å²) in [7, 11) is 0. The van der Waals surface area contributed by atoms with Crippen LogP contribution in [0.2, 0.25) is 0 Å². The van der Waals surface area contributed by atoms with Crippen LogP contribution in [0.4, 0.5) is 11.4 Å². The van der Waals surface area contributed by atoms with E-state index in [0.717, 1.165) is 40.6 Å². The third-order valence-corrected chi connectivity index (χ3v) is 6.05. The molecule has 0 saturated carbocycles. The van der Waals surface area contributed by atoms with Crippen LogP contribution in [0.5, 0.6) is 0 Å². The molecule has 0 radical (unpaired) electrons. The van der Waals surface area contributed by atoms with E-state index in [2.05, 4.69) is 52.5 Å². The lowest BCUT2D eigenvalue weighted by Crippen LogP contribution is -2.18. The quantitative estimate of drug-likeness (QED) is 0.649. The van der Waals surface area contributed by atoms with Gasteiger partial charge in [-0.25, -0.2) is 4.98 Å². The summed E-state index contributed by atoms with van der Waals surface area (Å²) in [6, 6.07) is 14.6. The lowest BCUT2D eigenvalue weighted by atomic mass is 10.1. The van der Waals surface area contributed by atoms with Crippen LogP contribution in [-0.4, -0.2) is 24.0 Å². The predicted octanol–water partition coefficient (Wildman–Crippen LogP) is 5.21. The van der Waals surface area contributed by atoms with Gasteiger partial charge in [0.25, 0.3) is 0 Å². The molecule has 0 bridgehead atoms. The number of carbonyl (C=O) groups excluding carboxylic acids is 1. The fourth-order valence-corrected chi connectivity index (χ4v) is 4.43. The van der Waals surface area contributed by atoms with Gasteiger partial charge < -0.3 is 10.2 Å². The van der Waals surface area contributed by atoms with Gasteiger partial charge in [-0.05, 0) is 56.5 Å². The number of amides is 1. The Bertz CT molecular complexity index is 989. The molecule has 144 valence electrons. The molecule has 1 saturated heterocycles. The van der Waals surface area contributed by atoms with E-state index in [9.17, 15) is 4.79 Å². The SMILES string of the molecule is Cc1cccc(-c2nc(CC(=O)Nc3ccc(N4CCCC4)cc3C)cs2)c1. The molecular weight excluding hydrogens is 366 g/mol. The fraction of sp³-hybridized carbons (Fsp3) is 0.304. The van der Waals surface area contributed by atoms with Crippen LogP contribution in [0.3, 0.4) is 0 Å². The third kappa shape index (κ3) is 4.25. The molecule has 0 aliphatic carbocycles. The molecule has 28 heavy (non-hydrogen) atoms. The second-order valence-corrected chi connectivity index (χ2v) is 8.29. The van der Waals surface area contributed by atoms with Crippen molar-refractivity contribution in [2.45, 2.75) is 33.1 Å². The van der Waals surface area contributed by atoms with Gasteiger partial charge >= 0.3 is 0 Å². The number of benzene rings is 2. The number of hydrogen-bond acceptors (Lipinski definition) is 4. The second-order valence-electron chi connectivity index (χ2n) is 7.43. The van der Waals surface area contributed by atoms with Crippen molar-refractivity contribution in [3.8, 4) is 10.6 Å². The minimum Gasteiger partial charge on any atom is -0.372 e. The molecule has 1 aliphatic heterocycles. The summed E-state index contributed by atoms with van der Waals surface area (Å²) in [4.78, 5) is 19.6. The summed E-state index contributed by atoms with van der Waals surface area (Å²) >= 11 is 1.58. The number of anilines is 2. The van der Waals surface area contributed by atoms with Crippen molar-refractivity contribution in [3.63, 3.8) is 0 Å². The first-order chi connectivity index (χ1) is 13.6. The normalized spacial score (nSPS) is 13.7. The Hall–Kier alpha value is -2.66. The van der Waals surface area contributed by atoms with E-state index in [4.69, 9.17) is 0 Å². The molecule has 1 amide bonds. The van der Waals surface area contributed by atoms with Gasteiger partial charge in [-0.3, -0.25) is 4.79 Å². The maximum absolute atomic E-state index is 12.5. The number of aromatic nitrogens is 1. The van der Waals surface area contributed by atoms with Gasteiger partial charge in [0.15, 0.2) is 0 Å². The molecule has 0 unspecified atom stereocenters. The fourth-order valence-electron chi connectivity index (χ4n) is 3.62. The Morgan fingerprint density at radius 1 is 1.14 bits per heavy atom. The van der Waals surface area contributed by atoms with Crippen LogP contribution < -0.4 is 10.2 Å². The molecule has 1 fully saturated rings. The van der Waals surface area contributed by atoms with E-state index in [1.54, 1.807) is 11.3 Å². The van der Waals surface area contributed by atoms with Crippen molar-refractivity contribution in [1.82, 2.24) is 4.98 Å². The summed E-state index contributed by atoms with van der Waals surface area (Å²) in [6.45, 7) is 6.37. The molecule has 2 heterocycles. The highest BCUT2D eigenvalue weighted by molar-refractivity contribution is 7.13. The average Bonchev–Trinajstić information content (AvgIpc) is 3.35. The minimum atomic E-state index is -0.0295. The minimum absolute atomic E-state index is 0.0295. The van der Waals surface area contributed by atoms with Gasteiger partial charge in [0.05, 0.1) is 12.1 Å². The standard InChI is InChI=1S/C23H25N3OS/c1-16-6-5-7-18(12-16)23-24-19(15-28-23)14-22(27)25-21-9-8-20(13-17(21)2)26-10-3-4-11-26/h5-9,12-13,15H,3-4,10-11,14H2,1-2H3,(H,25,27). The molecule has 4 rings (SSSR count). The van der Waals surface area contributed by atoms with E-state index in [1.165, 1.54) is 24.1 Å². The molecule has 2 aromatic carbocycles. The van der Waals surface area contributed by atoms with Crippen molar-refractivity contribution in [2.75, 3.05) is 23.3 Å². The van der Waals surface area contributed by atoms with E-state index < -0.39 is 0 Å². The number of thiazole rings is 1. The Morgan fingerprint density at radius 2 is 1.96 bits per heavy atom. The van der Waals surface area contributed by atoms with Gasteiger partial charge in [0, 0.05) is 35.4 Å². The van der Waals surface area contributed by atoms with Gasteiger partial charge in [0.1, 0.15) is 5.01 Å². The Kier molecular flexibility index (Phi) is 5.44. The highest BCUT2D eigenvalue weighted by Crippen LogP contribution is 2.27. The molecule has 5 heteroatoms. The molecule has 4 nitrogen and oxygen atoms in total. The van der Waals surface area contributed by atoms with Gasteiger partial charge in [-0.15, -0.1) is 11.3 Å². The molecule has 1 aliphatic rings. The smallest absolute Gasteiger partial charge is 0.230 e. The first kappa shape index (κ1) is 18.7. The lowest BCUT2D eigenvalue weighted by molar-refractivity contribution is -0.115. The summed E-state index contributed by atoms with van der Waals surface area (Å²) in [5.74, 6) is -0.0295. The number of nitrogens with zero attached hydrogens (tertiary/aromatic N) is 2. The highest BCUT2D eigenvalue weighted by Gasteiger charge is 2.14. The zero-order chi connectivity index (χ0) is 19.5. The number of nitrogens with one attached hydrogen (secondary N) is 1. The topological polar surface area (TPSA) is 45.2 Å². The van der Waals surface area contributed by atoms with Crippen LogP contribution in [-0.2, 0) is 11.2 Å². The number of rotatable bonds is 5. The maximum atomic E-state index is 12.5. The molecule has 0 spiro atoms. The van der Waals surface area contributed by atoms with E-state index in [1.807, 2.05) is 24.4 Å². The summed E-state index contributed by atoms with van der Waals surface area (Å²) in [5, 5.41) is 5.97. The van der Waals surface area contributed by atoms with Crippen molar-refractivity contribution < 1.29 is 4.79 Å². The number of hydrogen-bond donors (Lipinski definition) is 1. The summed E-state index contributed by atoms with van der Waals surface area (Å²) < 4.78 is 0. The van der Waals surface area contributed by atoms with E-state index in [-0.39, 0.29) is 12.3 Å². The van der Waals surface area contributed by atoms with Crippen LogP contribution in [0.1, 0.15) is 29.7 Å². The zero-order valence-electron chi connectivity index (χ0n) is 16.4. The first-order valence-electron chi connectivity index (χ1n) is 9.75. The Balaban J connectivity index is 1.41. The molecule has 1 aromatic heterocycles. The van der Waals surface area contributed by atoms with Gasteiger partial charge in [-0.1, -0.05) is 23.8 Å². The Labute approximate surface area is 170 Å². The van der Waals surface area contributed by atoms with Crippen LogP contribution >= 0.6 is 11.3 Å². The monoisotopic (exact) mass is 391 g/mol. The third-order valence-electron chi connectivity index (χ3n) is 5.11. The van der Waals surface area contributed by atoms with Crippen molar-refractivity contribution >= 4 is 28.6 Å². The molecule has 3 aromatic rings. The predicted molar refractivity (Wildman–Crippen MR) is 117 cm³/mol. The van der Waals surface area contributed by atoms with Gasteiger partial charge in [-0.2, -0.15) is 0 Å². The van der Waals surface area contributed by atoms with E-state index in [0.29, 0.717) is 0 Å². The Morgan fingerprint density at radius 3 is 2.71 bits per heavy atom. The molecule has 1 N–H and O–H groups in total. The van der Waals surface area contributed by atoms with Crippen LogP contribution in [0.15, 0.2) is 47.8 Å². The lowest BCUT2D eigenvalue weighted by Gasteiger charge is -2.19. The largest absolute Gasteiger partial charge is 0.372 e. The van der Waals surface area contributed by atoms with Crippen molar-refractivity contribution in [1.29, 1.82) is 0 Å². The number of aryl methyl sites for hydroxylation is 2. The highest BCUT2D eigenvalue weighted by atomic mass is 32.1. The molecule has 0 atom stereocenters. The maximum Gasteiger partial charge on any atom is 0.230 e.